The molecule has 4 aromatic carbocycles. The number of carbonyl (C=O) groups is 1. The first-order valence-electron chi connectivity index (χ1n) is 14.1. The number of hydrogen-bond acceptors (Lipinski definition) is 3. The lowest BCUT2D eigenvalue weighted by Crippen LogP contribution is -2.35. The molecule has 0 radical (unpaired) electrons. The number of benzene rings is 4. The molecule has 0 saturated carbocycles. The van der Waals surface area contributed by atoms with Gasteiger partial charge in [0, 0.05) is 12.0 Å². The van der Waals surface area contributed by atoms with Crippen molar-refractivity contribution < 1.29 is 14.6 Å². The molecule has 0 bridgehead atoms. The number of rotatable bonds is 13. The van der Waals surface area contributed by atoms with E-state index in [1.165, 1.54) is 22.8 Å². The first-order chi connectivity index (χ1) is 19.0. The second kappa shape index (κ2) is 13.6. The van der Waals surface area contributed by atoms with Crippen LogP contribution in [-0.2, 0) is 6.42 Å². The summed E-state index contributed by atoms with van der Waals surface area (Å²) in [6, 6.07) is 36.4. The molecular formula is C35H40O3P+. The molecule has 1 N–H and O–H groups in total. The molecule has 0 aliphatic heterocycles. The molecule has 0 fully saturated rings. The summed E-state index contributed by atoms with van der Waals surface area (Å²) in [5, 5.41) is 15.0. The largest absolute Gasteiger partial charge is 0.507 e. The molecule has 1 unspecified atom stereocenters. The number of phenolic OH excluding ortho intramolecular Hbond substituents is 1. The van der Waals surface area contributed by atoms with Gasteiger partial charge < -0.3 is 9.84 Å². The van der Waals surface area contributed by atoms with Crippen molar-refractivity contribution in [3.8, 4) is 11.5 Å². The van der Waals surface area contributed by atoms with Crippen LogP contribution in [0.2, 0.25) is 0 Å². The molecule has 4 heteroatoms. The van der Waals surface area contributed by atoms with Crippen molar-refractivity contribution in [2.45, 2.75) is 59.0 Å². The summed E-state index contributed by atoms with van der Waals surface area (Å²) in [6.45, 7) is 5.75. The zero-order valence-corrected chi connectivity index (χ0v) is 24.2. The number of phenols is 1. The third-order valence-electron chi connectivity index (χ3n) is 7.40. The Hall–Kier alpha value is -3.42. The normalized spacial score (nSPS) is 12.2. The molecule has 39 heavy (non-hydrogen) atoms. The van der Waals surface area contributed by atoms with E-state index in [0.717, 1.165) is 37.4 Å². The molecule has 202 valence electrons. The summed E-state index contributed by atoms with van der Waals surface area (Å²) >= 11 is 0. The van der Waals surface area contributed by atoms with Crippen molar-refractivity contribution in [1.29, 1.82) is 0 Å². The van der Waals surface area contributed by atoms with Crippen LogP contribution in [0.5, 0.6) is 11.5 Å². The van der Waals surface area contributed by atoms with Crippen molar-refractivity contribution >= 4 is 29.0 Å². The topological polar surface area (TPSA) is 46.5 Å². The minimum Gasteiger partial charge on any atom is -0.507 e. The van der Waals surface area contributed by atoms with Gasteiger partial charge in [0.25, 0.3) is 0 Å². The molecule has 0 amide bonds. The Balaban J connectivity index is 1.75. The van der Waals surface area contributed by atoms with Crippen molar-refractivity contribution in [2.24, 2.45) is 0 Å². The number of hydrogen-bond donors (Lipinski definition) is 1. The van der Waals surface area contributed by atoms with Gasteiger partial charge in [-0.2, -0.15) is 0 Å². The molecule has 0 saturated heterocycles. The predicted octanol–water partition coefficient (Wildman–Crippen LogP) is 7.48. The molecule has 0 heterocycles. The summed E-state index contributed by atoms with van der Waals surface area (Å²) in [7, 11) is -1.96. The third kappa shape index (κ3) is 6.43. The van der Waals surface area contributed by atoms with E-state index in [2.05, 4.69) is 105 Å². The molecule has 0 aliphatic rings. The molecule has 0 aliphatic carbocycles. The summed E-state index contributed by atoms with van der Waals surface area (Å²) < 4.78 is 6.70. The first-order valence-corrected chi connectivity index (χ1v) is 16.1. The Kier molecular flexibility index (Phi) is 9.96. The highest BCUT2D eigenvalue weighted by molar-refractivity contribution is 7.95. The van der Waals surface area contributed by atoms with E-state index >= 15 is 0 Å². The van der Waals surface area contributed by atoms with E-state index in [0.29, 0.717) is 17.7 Å². The van der Waals surface area contributed by atoms with Crippen LogP contribution in [0.25, 0.3) is 0 Å². The SMILES string of the molecule is CCCc1c(OC(CCC)CC[P+](c2ccccc2)(c2ccccc2)c2ccccc2)ccc(C(C)=O)c1O. The van der Waals surface area contributed by atoms with E-state index in [1.807, 2.05) is 6.07 Å². The fraction of sp³-hybridized carbons (Fsp3) is 0.286. The molecule has 0 spiro atoms. The quantitative estimate of drug-likeness (QED) is 0.142. The first kappa shape index (κ1) is 28.6. The summed E-state index contributed by atoms with van der Waals surface area (Å²) in [6.07, 6.45) is 5.27. The maximum Gasteiger partial charge on any atom is 0.163 e. The van der Waals surface area contributed by atoms with Crippen LogP contribution in [0.4, 0.5) is 0 Å². The summed E-state index contributed by atoms with van der Waals surface area (Å²) in [5.74, 6) is 0.627. The van der Waals surface area contributed by atoms with Crippen molar-refractivity contribution in [2.75, 3.05) is 6.16 Å². The second-order valence-corrected chi connectivity index (χ2v) is 13.7. The fourth-order valence-corrected chi connectivity index (χ4v) is 9.87. The van der Waals surface area contributed by atoms with Gasteiger partial charge in [-0.05, 0) is 68.3 Å². The van der Waals surface area contributed by atoms with Crippen LogP contribution < -0.4 is 20.7 Å². The van der Waals surface area contributed by atoms with Crippen molar-refractivity contribution in [1.82, 2.24) is 0 Å². The van der Waals surface area contributed by atoms with Crippen LogP contribution in [0.1, 0.15) is 62.4 Å². The molecule has 0 aromatic heterocycles. The number of Topliss-reactive ketones (excluding diaryl/α,β-unsaturated/α-hetero) is 1. The van der Waals surface area contributed by atoms with Gasteiger partial charge in [0.1, 0.15) is 40.8 Å². The highest BCUT2D eigenvalue weighted by Crippen LogP contribution is 2.56. The smallest absolute Gasteiger partial charge is 0.163 e. The highest BCUT2D eigenvalue weighted by atomic mass is 31.2. The fourth-order valence-electron chi connectivity index (χ4n) is 5.49. The van der Waals surface area contributed by atoms with Crippen molar-refractivity contribution in [3.05, 3.63) is 114 Å². The zero-order chi connectivity index (χ0) is 27.7. The highest BCUT2D eigenvalue weighted by Gasteiger charge is 2.45. The van der Waals surface area contributed by atoms with E-state index in [4.69, 9.17) is 4.74 Å². The third-order valence-corrected chi connectivity index (χ3v) is 11.9. The molecule has 3 nitrogen and oxygen atoms in total. The van der Waals surface area contributed by atoms with Gasteiger partial charge >= 0.3 is 0 Å². The number of carbonyl (C=O) groups excluding carboxylic acids is 1. The molecule has 4 aromatic rings. The van der Waals surface area contributed by atoms with Gasteiger partial charge in [-0.25, -0.2) is 0 Å². The van der Waals surface area contributed by atoms with Gasteiger partial charge in [0.2, 0.25) is 0 Å². The Morgan fingerprint density at radius 2 is 1.26 bits per heavy atom. The Morgan fingerprint density at radius 3 is 1.69 bits per heavy atom. The van der Waals surface area contributed by atoms with Gasteiger partial charge in [-0.15, -0.1) is 0 Å². The van der Waals surface area contributed by atoms with Gasteiger partial charge in [0.05, 0.1) is 11.7 Å². The zero-order valence-electron chi connectivity index (χ0n) is 23.3. The predicted molar refractivity (Wildman–Crippen MR) is 166 cm³/mol. The monoisotopic (exact) mass is 539 g/mol. The minimum atomic E-state index is -1.96. The maximum atomic E-state index is 12.1. The number of aromatic hydroxyl groups is 1. The number of ketones is 1. The van der Waals surface area contributed by atoms with Crippen LogP contribution in [-0.4, -0.2) is 23.2 Å². The van der Waals surface area contributed by atoms with Crippen molar-refractivity contribution in [3.63, 3.8) is 0 Å². The molecule has 1 atom stereocenters. The van der Waals surface area contributed by atoms with E-state index in [1.54, 1.807) is 6.07 Å². The van der Waals surface area contributed by atoms with Gasteiger partial charge in [-0.1, -0.05) is 81.3 Å². The Labute approximate surface area is 234 Å². The Bertz CT molecular complexity index is 1240. The van der Waals surface area contributed by atoms with Gasteiger partial charge in [0.15, 0.2) is 5.78 Å². The van der Waals surface area contributed by atoms with Crippen LogP contribution in [0.15, 0.2) is 103 Å². The molecular weight excluding hydrogens is 499 g/mol. The lowest BCUT2D eigenvalue weighted by atomic mass is 10.0. The average molecular weight is 540 g/mol. The lowest BCUT2D eigenvalue weighted by Gasteiger charge is -2.30. The summed E-state index contributed by atoms with van der Waals surface area (Å²) in [5.41, 5.74) is 1.10. The maximum absolute atomic E-state index is 12.1. The van der Waals surface area contributed by atoms with Gasteiger partial charge in [-0.3, -0.25) is 4.79 Å². The Morgan fingerprint density at radius 1 is 0.744 bits per heavy atom. The summed E-state index contributed by atoms with van der Waals surface area (Å²) in [4.78, 5) is 12.1. The minimum absolute atomic E-state index is 0.0105. The number of ether oxygens (including phenoxy) is 1. The van der Waals surface area contributed by atoms with Crippen LogP contribution >= 0.6 is 7.26 Å². The lowest BCUT2D eigenvalue weighted by molar-refractivity contribution is 0.101. The molecule has 4 rings (SSSR count). The van der Waals surface area contributed by atoms with Crippen LogP contribution in [0, 0.1) is 0 Å². The second-order valence-electron chi connectivity index (χ2n) is 10.1. The van der Waals surface area contributed by atoms with E-state index < -0.39 is 7.26 Å². The van der Waals surface area contributed by atoms with Crippen LogP contribution in [0.3, 0.4) is 0 Å². The van der Waals surface area contributed by atoms with E-state index in [9.17, 15) is 9.90 Å². The standard InChI is InChI=1S/C35H39O3P/c1-4-15-28(38-34-24-23-32(27(3)36)35(37)33(34)16-5-2)25-26-39(29-17-9-6-10-18-29,30-19-11-7-12-20-30)31-21-13-8-14-22-31/h6-14,17-24,28H,4-5,15-16,25-26H2,1-3H3/p+1. The van der Waals surface area contributed by atoms with E-state index in [-0.39, 0.29) is 17.6 Å². The average Bonchev–Trinajstić information content (AvgIpc) is 2.97.